The quantitative estimate of drug-likeness (QED) is 0.795. The zero-order valence-corrected chi connectivity index (χ0v) is 7.79. The minimum absolute atomic E-state index is 0.0828. The molecule has 0 bridgehead atoms. The summed E-state index contributed by atoms with van der Waals surface area (Å²) in [4.78, 5) is -3.31. The molecular weight excluding hydrogens is 234 g/mol. The molecule has 1 rings (SSSR count). The Hall–Kier alpha value is -0.490. The van der Waals surface area contributed by atoms with Crippen LogP contribution in [0.5, 0.6) is 0 Å². The molecule has 0 radical (unpaired) electrons. The van der Waals surface area contributed by atoms with Crippen molar-refractivity contribution in [3.63, 3.8) is 0 Å². The highest BCUT2D eigenvalue weighted by atomic mass is 79.9. The van der Waals surface area contributed by atoms with E-state index in [1.54, 1.807) is 7.05 Å². The molecule has 1 atom stereocenters. The highest BCUT2D eigenvalue weighted by Crippen LogP contribution is 2.36. The smallest absolute Gasteiger partial charge is 0.330 e. The lowest BCUT2D eigenvalue weighted by atomic mass is 10.2. The maximum absolute atomic E-state index is 12.4. The van der Waals surface area contributed by atoms with Gasteiger partial charge in [0.15, 0.2) is 6.10 Å². The van der Waals surface area contributed by atoms with E-state index in [0.29, 0.717) is 0 Å². The van der Waals surface area contributed by atoms with Crippen molar-refractivity contribution >= 4 is 15.9 Å². The van der Waals surface area contributed by atoms with Crippen LogP contribution in [0.1, 0.15) is 11.7 Å². The molecule has 0 fully saturated rings. The molecule has 0 aromatic carbocycles. The van der Waals surface area contributed by atoms with Gasteiger partial charge >= 0.3 is 4.83 Å². The van der Waals surface area contributed by atoms with Crippen LogP contribution in [-0.4, -0.2) is 19.7 Å². The van der Waals surface area contributed by atoms with E-state index >= 15 is 0 Å². The monoisotopic (exact) mass is 240 g/mol. The second kappa shape index (κ2) is 3.10. The van der Waals surface area contributed by atoms with Crippen LogP contribution in [0, 0.1) is 0 Å². The molecule has 68 valence electrons. The van der Waals surface area contributed by atoms with E-state index in [1.165, 1.54) is 17.1 Å². The summed E-state index contributed by atoms with van der Waals surface area (Å²) in [5.74, 6) is 0. The lowest BCUT2D eigenvalue weighted by Gasteiger charge is -2.13. The Balaban J connectivity index is 2.85. The molecule has 0 aliphatic carbocycles. The van der Waals surface area contributed by atoms with Crippen molar-refractivity contribution in [3.8, 4) is 0 Å². The third-order valence-electron chi connectivity index (χ3n) is 1.35. The zero-order chi connectivity index (χ0) is 9.35. The van der Waals surface area contributed by atoms with Gasteiger partial charge in [-0.3, -0.25) is 4.68 Å². The molecule has 1 heterocycles. The number of aliphatic hydroxyl groups excluding tert-OH is 1. The fourth-order valence-electron chi connectivity index (χ4n) is 0.770. The Morgan fingerprint density at radius 3 is 2.67 bits per heavy atom. The summed E-state index contributed by atoms with van der Waals surface area (Å²) in [6, 6.07) is 0. The molecule has 0 spiro atoms. The van der Waals surface area contributed by atoms with Crippen LogP contribution in [0.25, 0.3) is 0 Å². The summed E-state index contributed by atoms with van der Waals surface area (Å²) < 4.78 is 26.2. The van der Waals surface area contributed by atoms with Crippen LogP contribution in [0.3, 0.4) is 0 Å². The van der Waals surface area contributed by atoms with Gasteiger partial charge in [0, 0.05) is 18.8 Å². The van der Waals surface area contributed by atoms with Gasteiger partial charge in [-0.15, -0.1) is 0 Å². The van der Waals surface area contributed by atoms with Gasteiger partial charge in [-0.2, -0.15) is 13.9 Å². The van der Waals surface area contributed by atoms with Gasteiger partial charge in [0.2, 0.25) is 0 Å². The molecule has 6 heteroatoms. The topological polar surface area (TPSA) is 38.0 Å². The van der Waals surface area contributed by atoms with Crippen LogP contribution in [0.15, 0.2) is 12.4 Å². The second-order valence-corrected chi connectivity index (χ2v) is 3.45. The van der Waals surface area contributed by atoms with E-state index in [0.717, 1.165) is 0 Å². The number of hydrogen-bond acceptors (Lipinski definition) is 2. The van der Waals surface area contributed by atoms with Crippen LogP contribution in [0.2, 0.25) is 0 Å². The predicted octanol–water partition coefficient (Wildman–Crippen LogP) is 1.44. The summed E-state index contributed by atoms with van der Waals surface area (Å²) >= 11 is 2.07. The summed E-state index contributed by atoms with van der Waals surface area (Å²) in [6.45, 7) is 0. The first-order valence-electron chi connectivity index (χ1n) is 3.14. The molecule has 3 nitrogen and oxygen atoms in total. The number of rotatable bonds is 2. The summed E-state index contributed by atoms with van der Waals surface area (Å²) in [6.07, 6.45) is 0.672. The molecule has 1 unspecified atom stereocenters. The summed E-state index contributed by atoms with van der Waals surface area (Å²) in [5.41, 5.74) is 0.0828. The fraction of sp³-hybridized carbons (Fsp3) is 0.500. The molecule has 1 aromatic heterocycles. The lowest BCUT2D eigenvalue weighted by molar-refractivity contribution is -0.0294. The van der Waals surface area contributed by atoms with Crippen molar-refractivity contribution in [2.45, 2.75) is 10.9 Å². The average Bonchev–Trinajstić information content (AvgIpc) is 2.32. The van der Waals surface area contributed by atoms with E-state index in [9.17, 15) is 8.78 Å². The van der Waals surface area contributed by atoms with E-state index in [2.05, 4.69) is 21.0 Å². The Kier molecular flexibility index (Phi) is 2.48. The second-order valence-electron chi connectivity index (χ2n) is 2.39. The molecular formula is C6H7BrF2N2O. The van der Waals surface area contributed by atoms with Gasteiger partial charge in [0.05, 0.1) is 6.20 Å². The highest BCUT2D eigenvalue weighted by molar-refractivity contribution is 9.10. The number of aromatic nitrogens is 2. The first kappa shape index (κ1) is 9.60. The normalized spacial score (nSPS) is 14.8. The van der Waals surface area contributed by atoms with Crippen molar-refractivity contribution < 1.29 is 13.9 Å². The number of nitrogens with zero attached hydrogens (tertiary/aromatic N) is 2. The van der Waals surface area contributed by atoms with Crippen LogP contribution in [-0.2, 0) is 7.05 Å². The number of aliphatic hydroxyl groups is 1. The van der Waals surface area contributed by atoms with Crippen LogP contribution >= 0.6 is 15.9 Å². The maximum Gasteiger partial charge on any atom is 0.330 e. The standard InChI is InChI=1S/C6H7BrF2N2O/c1-11-3-4(2-10-11)5(12)6(7,8)9/h2-3,5,12H,1H3. The summed E-state index contributed by atoms with van der Waals surface area (Å²) in [5, 5.41) is 12.7. The van der Waals surface area contributed by atoms with Gasteiger partial charge in [0.1, 0.15) is 0 Å². The molecule has 1 N–H and O–H groups in total. The molecule has 0 aliphatic heterocycles. The van der Waals surface area contributed by atoms with E-state index in [-0.39, 0.29) is 5.56 Å². The predicted molar refractivity (Wildman–Crippen MR) is 42.0 cm³/mol. The largest absolute Gasteiger partial charge is 0.381 e. The summed E-state index contributed by atoms with van der Waals surface area (Å²) in [7, 11) is 1.59. The third kappa shape index (κ3) is 2.01. The number of halogens is 3. The number of aryl methyl sites for hydroxylation is 1. The lowest BCUT2D eigenvalue weighted by Crippen LogP contribution is -2.17. The molecule has 0 saturated heterocycles. The van der Waals surface area contributed by atoms with Gasteiger partial charge < -0.3 is 5.11 Å². The van der Waals surface area contributed by atoms with Crippen molar-refractivity contribution in [1.29, 1.82) is 0 Å². The average molecular weight is 241 g/mol. The first-order valence-corrected chi connectivity index (χ1v) is 3.94. The van der Waals surface area contributed by atoms with Gasteiger partial charge in [-0.25, -0.2) is 0 Å². The fourth-order valence-corrected chi connectivity index (χ4v) is 1.03. The Bertz CT molecular complexity index is 271. The first-order chi connectivity index (χ1) is 5.41. The van der Waals surface area contributed by atoms with E-state index in [1.807, 2.05) is 0 Å². The van der Waals surface area contributed by atoms with E-state index < -0.39 is 10.9 Å². The molecule has 0 saturated carbocycles. The SMILES string of the molecule is Cn1cc(C(O)C(F)(F)Br)cn1. The Labute approximate surface area is 76.1 Å². The van der Waals surface area contributed by atoms with Crippen LogP contribution < -0.4 is 0 Å². The van der Waals surface area contributed by atoms with Gasteiger partial charge in [-0.05, 0) is 15.9 Å². The highest BCUT2D eigenvalue weighted by Gasteiger charge is 2.36. The Morgan fingerprint density at radius 2 is 2.33 bits per heavy atom. The molecule has 12 heavy (non-hydrogen) atoms. The molecule has 0 amide bonds. The van der Waals surface area contributed by atoms with Crippen molar-refractivity contribution in [3.05, 3.63) is 18.0 Å². The van der Waals surface area contributed by atoms with E-state index in [4.69, 9.17) is 5.11 Å². The number of hydrogen-bond donors (Lipinski definition) is 1. The molecule has 0 aliphatic rings. The minimum atomic E-state index is -3.31. The van der Waals surface area contributed by atoms with Crippen LogP contribution in [0.4, 0.5) is 8.78 Å². The zero-order valence-electron chi connectivity index (χ0n) is 6.21. The minimum Gasteiger partial charge on any atom is -0.381 e. The number of alkyl halides is 3. The van der Waals surface area contributed by atoms with Crippen molar-refractivity contribution in [1.82, 2.24) is 9.78 Å². The third-order valence-corrected chi connectivity index (χ3v) is 1.78. The van der Waals surface area contributed by atoms with Crippen molar-refractivity contribution in [2.75, 3.05) is 0 Å². The maximum atomic E-state index is 12.4. The van der Waals surface area contributed by atoms with Gasteiger partial charge in [0.25, 0.3) is 0 Å². The molecule has 1 aromatic rings. The van der Waals surface area contributed by atoms with Crippen molar-refractivity contribution in [2.24, 2.45) is 7.05 Å². The Morgan fingerprint density at radius 1 is 1.75 bits per heavy atom. The van der Waals surface area contributed by atoms with Gasteiger partial charge in [-0.1, -0.05) is 0 Å².